The number of carbonyl (C=O) groups is 1. The van der Waals surface area contributed by atoms with Gasteiger partial charge in [0.15, 0.2) is 0 Å². The van der Waals surface area contributed by atoms with Crippen LogP contribution >= 0.6 is 22.9 Å². The second-order valence-corrected chi connectivity index (χ2v) is 9.82. The first-order chi connectivity index (χ1) is 10.8. The summed E-state index contributed by atoms with van der Waals surface area (Å²) in [6.07, 6.45) is 3.42. The Morgan fingerprint density at radius 3 is 2.74 bits per heavy atom. The quantitative estimate of drug-likeness (QED) is 0.658. The molecule has 122 valence electrons. The van der Waals surface area contributed by atoms with Crippen LogP contribution in [0.4, 0.5) is 0 Å². The maximum Gasteiger partial charge on any atom is 0.265 e. The minimum atomic E-state index is 0.127. The van der Waals surface area contributed by atoms with Crippen molar-refractivity contribution in [1.29, 1.82) is 0 Å². The van der Waals surface area contributed by atoms with E-state index >= 15 is 0 Å². The fraction of sp³-hybridized carbons (Fsp3) is 0.526. The number of thiophene rings is 1. The first-order valence-corrected chi connectivity index (χ1v) is 9.46. The summed E-state index contributed by atoms with van der Waals surface area (Å²) < 4.78 is 1.09. The molecule has 4 heteroatoms. The number of rotatable bonds is 1. The molecule has 1 aliphatic heterocycles. The number of halogens is 1. The van der Waals surface area contributed by atoms with Crippen molar-refractivity contribution in [2.75, 3.05) is 6.54 Å². The molecule has 2 heterocycles. The van der Waals surface area contributed by atoms with Gasteiger partial charge in [-0.1, -0.05) is 50.6 Å². The summed E-state index contributed by atoms with van der Waals surface area (Å²) in [5, 5.41) is 1.62. The number of carbonyl (C=O) groups excluding carboxylic acids is 1. The third-order valence-corrected chi connectivity index (χ3v) is 7.07. The van der Waals surface area contributed by atoms with Gasteiger partial charge in [0.1, 0.15) is 4.88 Å². The van der Waals surface area contributed by atoms with E-state index in [-0.39, 0.29) is 11.3 Å². The van der Waals surface area contributed by atoms with Gasteiger partial charge in [-0.05, 0) is 36.2 Å². The van der Waals surface area contributed by atoms with Crippen LogP contribution in [0.1, 0.15) is 49.7 Å². The smallest absolute Gasteiger partial charge is 0.265 e. The Morgan fingerprint density at radius 1 is 1.26 bits per heavy atom. The lowest BCUT2D eigenvalue weighted by Gasteiger charge is -2.39. The molecular weight excluding hydrogens is 326 g/mol. The van der Waals surface area contributed by atoms with Crippen molar-refractivity contribution in [1.82, 2.24) is 4.90 Å². The normalized spacial score (nSPS) is 29.2. The van der Waals surface area contributed by atoms with E-state index in [1.54, 1.807) is 0 Å². The largest absolute Gasteiger partial charge is 0.334 e. The monoisotopic (exact) mass is 347 g/mol. The maximum absolute atomic E-state index is 13.2. The van der Waals surface area contributed by atoms with Crippen molar-refractivity contribution in [2.45, 2.75) is 46.1 Å². The number of nitrogens with zero attached hydrogens (tertiary/aromatic N) is 1. The molecule has 4 rings (SSSR count). The Balaban J connectivity index is 1.71. The van der Waals surface area contributed by atoms with E-state index in [4.69, 9.17) is 11.6 Å². The molecule has 1 saturated heterocycles. The van der Waals surface area contributed by atoms with Crippen molar-refractivity contribution in [3.05, 3.63) is 34.2 Å². The molecular formula is C19H22ClNOS. The average Bonchev–Trinajstić information content (AvgIpc) is 2.92. The highest BCUT2D eigenvalue weighted by molar-refractivity contribution is 7.21. The van der Waals surface area contributed by atoms with Gasteiger partial charge in [-0.3, -0.25) is 4.79 Å². The van der Waals surface area contributed by atoms with E-state index in [0.29, 0.717) is 21.4 Å². The van der Waals surface area contributed by atoms with Crippen LogP contribution in [0, 0.1) is 10.8 Å². The Bertz CT molecular complexity index is 796. The molecule has 1 amide bonds. The van der Waals surface area contributed by atoms with Gasteiger partial charge in [0.05, 0.1) is 5.02 Å². The molecule has 1 aromatic carbocycles. The predicted molar refractivity (Wildman–Crippen MR) is 97.4 cm³/mol. The number of amides is 1. The summed E-state index contributed by atoms with van der Waals surface area (Å²) in [4.78, 5) is 16.0. The van der Waals surface area contributed by atoms with Crippen LogP contribution in [0.5, 0.6) is 0 Å². The molecule has 0 radical (unpaired) electrons. The summed E-state index contributed by atoms with van der Waals surface area (Å²) in [6.45, 7) is 7.86. The predicted octanol–water partition coefficient (Wildman–Crippen LogP) is 5.60. The minimum absolute atomic E-state index is 0.127. The molecule has 23 heavy (non-hydrogen) atoms. The van der Waals surface area contributed by atoms with Gasteiger partial charge in [0.25, 0.3) is 5.91 Å². The highest BCUT2D eigenvalue weighted by atomic mass is 35.5. The third-order valence-electron chi connectivity index (χ3n) is 5.40. The summed E-state index contributed by atoms with van der Waals surface area (Å²) in [5.74, 6) is 0.127. The molecule has 2 fully saturated rings. The summed E-state index contributed by atoms with van der Waals surface area (Å²) in [5.41, 5.74) is 0.571. The van der Waals surface area contributed by atoms with Crippen molar-refractivity contribution in [2.24, 2.45) is 10.8 Å². The van der Waals surface area contributed by atoms with E-state index in [1.165, 1.54) is 17.8 Å². The molecule has 2 nitrogen and oxygen atoms in total. The Hall–Kier alpha value is -1.06. The fourth-order valence-corrected chi connectivity index (χ4v) is 6.45. The molecule has 0 N–H and O–H groups in total. The zero-order valence-electron chi connectivity index (χ0n) is 13.9. The minimum Gasteiger partial charge on any atom is -0.334 e. The number of likely N-dealkylation sites (tertiary alicyclic amines) is 1. The Morgan fingerprint density at radius 2 is 2.00 bits per heavy atom. The van der Waals surface area contributed by atoms with E-state index in [0.717, 1.165) is 29.5 Å². The van der Waals surface area contributed by atoms with E-state index < -0.39 is 0 Å². The fourth-order valence-electron chi connectivity index (χ4n) is 4.98. The number of hydrogen-bond acceptors (Lipinski definition) is 2. The van der Waals surface area contributed by atoms with Crippen LogP contribution in [-0.4, -0.2) is 23.4 Å². The molecule has 2 aliphatic rings. The topological polar surface area (TPSA) is 20.3 Å². The van der Waals surface area contributed by atoms with Gasteiger partial charge in [-0.15, -0.1) is 11.3 Å². The summed E-state index contributed by atoms with van der Waals surface area (Å²) >= 11 is 8.06. The highest BCUT2D eigenvalue weighted by Gasteiger charge is 2.51. The Kier molecular flexibility index (Phi) is 3.34. The molecule has 1 saturated carbocycles. The van der Waals surface area contributed by atoms with Gasteiger partial charge in [-0.25, -0.2) is 0 Å². The SMILES string of the molecule is CC1(C)CC2CC(C)(CN2C(=O)c2sc3ccccc3c2Cl)C1. The number of hydrogen-bond donors (Lipinski definition) is 0. The van der Waals surface area contributed by atoms with Crippen LogP contribution in [0.2, 0.25) is 5.02 Å². The first kappa shape index (κ1) is 15.5. The Labute approximate surface area is 146 Å². The number of benzene rings is 1. The highest BCUT2D eigenvalue weighted by Crippen LogP contribution is 2.53. The van der Waals surface area contributed by atoms with E-state index in [9.17, 15) is 4.79 Å². The van der Waals surface area contributed by atoms with Gasteiger partial charge >= 0.3 is 0 Å². The lowest BCUT2D eigenvalue weighted by Crippen LogP contribution is -2.37. The van der Waals surface area contributed by atoms with E-state index in [1.807, 2.05) is 24.3 Å². The van der Waals surface area contributed by atoms with E-state index in [2.05, 4.69) is 25.7 Å². The molecule has 1 aliphatic carbocycles. The maximum atomic E-state index is 13.2. The lowest BCUT2D eigenvalue weighted by molar-refractivity contribution is 0.0713. The van der Waals surface area contributed by atoms with Crippen LogP contribution < -0.4 is 0 Å². The lowest BCUT2D eigenvalue weighted by atomic mass is 9.65. The average molecular weight is 348 g/mol. The molecule has 2 atom stereocenters. The second-order valence-electron chi connectivity index (χ2n) is 8.39. The zero-order valence-corrected chi connectivity index (χ0v) is 15.4. The molecule has 0 spiro atoms. The van der Waals surface area contributed by atoms with Gasteiger partial charge in [0, 0.05) is 22.7 Å². The van der Waals surface area contributed by atoms with Crippen molar-refractivity contribution in [3.8, 4) is 0 Å². The van der Waals surface area contributed by atoms with Crippen molar-refractivity contribution < 1.29 is 4.79 Å². The van der Waals surface area contributed by atoms with Crippen molar-refractivity contribution >= 4 is 38.9 Å². The third kappa shape index (κ3) is 2.49. The van der Waals surface area contributed by atoms with Gasteiger partial charge in [0.2, 0.25) is 0 Å². The standard InChI is InChI=1S/C19H22ClNOS/c1-18(2)8-12-9-19(3,10-18)11-21(12)17(22)16-15(20)13-6-4-5-7-14(13)23-16/h4-7,12H,8-11H2,1-3H3. The molecule has 1 aromatic heterocycles. The summed E-state index contributed by atoms with van der Waals surface area (Å²) in [7, 11) is 0. The van der Waals surface area contributed by atoms with Crippen LogP contribution in [0.25, 0.3) is 10.1 Å². The molecule has 2 bridgehead atoms. The first-order valence-electron chi connectivity index (χ1n) is 8.26. The van der Waals surface area contributed by atoms with Crippen LogP contribution in [-0.2, 0) is 0 Å². The zero-order chi connectivity index (χ0) is 16.4. The van der Waals surface area contributed by atoms with Crippen LogP contribution in [0.3, 0.4) is 0 Å². The van der Waals surface area contributed by atoms with Crippen molar-refractivity contribution in [3.63, 3.8) is 0 Å². The molecule has 2 unspecified atom stereocenters. The summed E-state index contributed by atoms with van der Waals surface area (Å²) in [6, 6.07) is 8.36. The second kappa shape index (κ2) is 4.97. The van der Waals surface area contributed by atoms with Crippen LogP contribution in [0.15, 0.2) is 24.3 Å². The van der Waals surface area contributed by atoms with Gasteiger partial charge < -0.3 is 4.90 Å². The number of fused-ring (bicyclic) bond motifs is 3. The van der Waals surface area contributed by atoms with Gasteiger partial charge in [-0.2, -0.15) is 0 Å². The molecule has 2 aromatic rings.